The van der Waals surface area contributed by atoms with Crippen molar-refractivity contribution < 1.29 is 4.79 Å². The number of carbonyl (C=O) groups is 1. The van der Waals surface area contributed by atoms with Crippen LogP contribution >= 0.6 is 11.3 Å². The van der Waals surface area contributed by atoms with Crippen LogP contribution in [0.25, 0.3) is 11.1 Å². The van der Waals surface area contributed by atoms with Gasteiger partial charge in [0.15, 0.2) is 11.5 Å². The summed E-state index contributed by atoms with van der Waals surface area (Å²) < 4.78 is 1.77. The molecule has 7 nitrogen and oxygen atoms in total. The van der Waals surface area contributed by atoms with E-state index in [-0.39, 0.29) is 11.9 Å². The lowest BCUT2D eigenvalue weighted by atomic mass is 9.71. The van der Waals surface area contributed by atoms with E-state index in [1.165, 1.54) is 10.5 Å². The zero-order valence-corrected chi connectivity index (χ0v) is 21.7. The van der Waals surface area contributed by atoms with Gasteiger partial charge in [0.05, 0.1) is 11.6 Å². The molecule has 5 rings (SSSR count). The zero-order valence-electron chi connectivity index (χ0n) is 20.8. The topological polar surface area (TPSA) is 100 Å². The lowest BCUT2D eigenvalue weighted by molar-refractivity contribution is -0.143. The number of nitriles is 1. The van der Waals surface area contributed by atoms with Crippen molar-refractivity contribution in [1.82, 2.24) is 14.7 Å². The summed E-state index contributed by atoms with van der Waals surface area (Å²) in [7, 11) is 1.67. The molecule has 0 saturated carbocycles. The quantitative estimate of drug-likeness (QED) is 0.384. The minimum absolute atomic E-state index is 0.138. The molecule has 0 spiro atoms. The number of rotatable bonds is 7. The van der Waals surface area contributed by atoms with E-state index in [0.717, 1.165) is 28.8 Å². The summed E-state index contributed by atoms with van der Waals surface area (Å²) in [5, 5.41) is 16.0. The van der Waals surface area contributed by atoms with Crippen LogP contribution < -0.4 is 5.73 Å². The van der Waals surface area contributed by atoms with E-state index < -0.39 is 11.1 Å². The standard InChI is InChI=1S/C29H28N6OS/c1-28(25-18-24(20-37-25)23-13-6-11-22(17-23)19-30)29(35-16-8-15-32-35,26(36)34(2)27(31)33-28)14-7-12-21-9-4-3-5-10-21/h3-6,8-11,13,15-18,20H,7,12,14H2,1-2H3,(H2,31,33)/t28-,29?/m0/s1. The molecule has 0 saturated heterocycles. The number of aromatic nitrogens is 2. The van der Waals surface area contributed by atoms with Crippen molar-refractivity contribution in [3.8, 4) is 17.2 Å². The molecule has 1 aliphatic heterocycles. The second-order valence-electron chi connectivity index (χ2n) is 9.45. The van der Waals surface area contributed by atoms with E-state index in [0.29, 0.717) is 12.0 Å². The van der Waals surface area contributed by atoms with Crippen LogP contribution in [-0.2, 0) is 22.3 Å². The highest BCUT2D eigenvalue weighted by molar-refractivity contribution is 7.10. The van der Waals surface area contributed by atoms with Gasteiger partial charge in [0.1, 0.15) is 5.54 Å². The first-order chi connectivity index (χ1) is 17.9. The molecule has 0 bridgehead atoms. The third kappa shape index (κ3) is 4.11. The zero-order chi connectivity index (χ0) is 26.0. The van der Waals surface area contributed by atoms with Crippen LogP contribution in [0.1, 0.15) is 35.8 Å². The van der Waals surface area contributed by atoms with Gasteiger partial charge in [0.25, 0.3) is 5.91 Å². The number of amides is 1. The number of hydrogen-bond acceptors (Lipinski definition) is 6. The molecular weight excluding hydrogens is 480 g/mol. The van der Waals surface area contributed by atoms with Crippen molar-refractivity contribution >= 4 is 23.2 Å². The number of nitrogens with zero attached hydrogens (tertiary/aromatic N) is 5. The van der Waals surface area contributed by atoms with Crippen LogP contribution in [0.3, 0.4) is 0 Å². The summed E-state index contributed by atoms with van der Waals surface area (Å²) in [5.74, 6) is 0.0421. The summed E-state index contributed by atoms with van der Waals surface area (Å²) in [6.07, 6.45) is 5.65. The van der Waals surface area contributed by atoms with Gasteiger partial charge in [-0.2, -0.15) is 10.4 Å². The van der Waals surface area contributed by atoms with Gasteiger partial charge in [-0.25, -0.2) is 4.99 Å². The van der Waals surface area contributed by atoms with Crippen LogP contribution in [0, 0.1) is 11.3 Å². The Hall–Kier alpha value is -4.22. The fourth-order valence-electron chi connectivity index (χ4n) is 5.23. The number of benzene rings is 2. The average Bonchev–Trinajstić information content (AvgIpc) is 3.64. The highest BCUT2D eigenvalue weighted by atomic mass is 32.1. The van der Waals surface area contributed by atoms with Gasteiger partial charge in [0, 0.05) is 24.3 Å². The van der Waals surface area contributed by atoms with Gasteiger partial charge < -0.3 is 5.73 Å². The summed E-state index contributed by atoms with van der Waals surface area (Å²) >= 11 is 1.54. The first kappa shape index (κ1) is 24.5. The first-order valence-electron chi connectivity index (χ1n) is 12.2. The number of likely N-dealkylation sites (N-methyl/N-ethyl adjacent to an activating group) is 1. The Morgan fingerprint density at radius 2 is 1.89 bits per heavy atom. The summed E-state index contributed by atoms with van der Waals surface area (Å²) in [4.78, 5) is 21.6. The molecule has 0 fully saturated rings. The number of nitrogens with two attached hydrogens (primary N) is 1. The molecule has 8 heteroatoms. The Kier molecular flexibility index (Phi) is 6.40. The number of aliphatic imine (C=N–C) groups is 1. The van der Waals surface area contributed by atoms with Crippen LogP contribution in [-0.4, -0.2) is 33.6 Å². The Morgan fingerprint density at radius 1 is 1.08 bits per heavy atom. The third-order valence-corrected chi connectivity index (χ3v) is 8.43. The van der Waals surface area contributed by atoms with E-state index in [4.69, 9.17) is 10.7 Å². The molecule has 2 aromatic carbocycles. The van der Waals surface area contributed by atoms with Gasteiger partial charge >= 0.3 is 0 Å². The molecule has 1 unspecified atom stereocenters. The third-order valence-electron chi connectivity index (χ3n) is 7.29. The van der Waals surface area contributed by atoms with Gasteiger partial charge in [-0.1, -0.05) is 42.5 Å². The van der Waals surface area contributed by atoms with Crippen LogP contribution in [0.4, 0.5) is 0 Å². The molecule has 2 N–H and O–H groups in total. The van der Waals surface area contributed by atoms with Crippen molar-refractivity contribution in [3.63, 3.8) is 0 Å². The van der Waals surface area contributed by atoms with Crippen LogP contribution in [0.15, 0.2) is 89.5 Å². The number of carbonyl (C=O) groups excluding carboxylic acids is 1. The monoisotopic (exact) mass is 508 g/mol. The minimum atomic E-state index is -1.11. The molecule has 186 valence electrons. The Morgan fingerprint density at radius 3 is 2.62 bits per heavy atom. The van der Waals surface area contributed by atoms with E-state index in [9.17, 15) is 10.1 Å². The molecule has 4 aromatic rings. The van der Waals surface area contributed by atoms with Crippen molar-refractivity contribution in [2.75, 3.05) is 7.05 Å². The number of aryl methyl sites for hydroxylation is 1. The lowest BCUT2D eigenvalue weighted by Crippen LogP contribution is -2.66. The molecule has 3 heterocycles. The van der Waals surface area contributed by atoms with E-state index in [2.05, 4.69) is 29.4 Å². The van der Waals surface area contributed by atoms with Gasteiger partial charge in [-0.3, -0.25) is 14.4 Å². The largest absolute Gasteiger partial charge is 0.369 e. The fraction of sp³-hybridized carbons (Fsp3) is 0.241. The van der Waals surface area contributed by atoms with E-state index in [1.54, 1.807) is 35.3 Å². The van der Waals surface area contributed by atoms with Crippen LogP contribution in [0.5, 0.6) is 0 Å². The fourth-order valence-corrected chi connectivity index (χ4v) is 6.33. The number of thiophene rings is 1. The minimum Gasteiger partial charge on any atom is -0.369 e. The van der Waals surface area contributed by atoms with E-state index >= 15 is 0 Å². The predicted octanol–water partition coefficient (Wildman–Crippen LogP) is 4.90. The summed E-state index contributed by atoms with van der Waals surface area (Å²) in [6.45, 7) is 1.98. The molecule has 37 heavy (non-hydrogen) atoms. The molecule has 0 aliphatic carbocycles. The highest BCUT2D eigenvalue weighted by Gasteiger charge is 2.61. The van der Waals surface area contributed by atoms with Crippen LogP contribution in [0.2, 0.25) is 0 Å². The maximum Gasteiger partial charge on any atom is 0.259 e. The molecule has 2 atom stereocenters. The van der Waals surface area contributed by atoms with E-state index in [1.807, 2.05) is 61.0 Å². The van der Waals surface area contributed by atoms with Crippen molar-refractivity contribution in [1.29, 1.82) is 5.26 Å². The normalized spacial score (nSPS) is 21.5. The second-order valence-corrected chi connectivity index (χ2v) is 10.4. The van der Waals surface area contributed by atoms with Crippen molar-refractivity contribution in [3.05, 3.63) is 101 Å². The lowest BCUT2D eigenvalue weighted by Gasteiger charge is -2.49. The number of guanidine groups is 1. The Labute approximate surface area is 220 Å². The maximum atomic E-state index is 14.2. The summed E-state index contributed by atoms with van der Waals surface area (Å²) in [5.41, 5.74) is 7.94. The summed E-state index contributed by atoms with van der Waals surface area (Å²) in [6, 6.07) is 23.9. The van der Waals surface area contributed by atoms with Gasteiger partial charge in [-0.15, -0.1) is 11.3 Å². The van der Waals surface area contributed by atoms with Gasteiger partial charge in [-0.05, 0) is 72.5 Å². The molecule has 1 amide bonds. The molecule has 2 aromatic heterocycles. The van der Waals surface area contributed by atoms with Crippen molar-refractivity contribution in [2.45, 2.75) is 37.3 Å². The average molecular weight is 509 g/mol. The Balaban J connectivity index is 1.62. The Bertz CT molecular complexity index is 1490. The molecule has 1 aliphatic rings. The van der Waals surface area contributed by atoms with Crippen molar-refractivity contribution in [2.24, 2.45) is 10.7 Å². The number of hydrogen-bond donors (Lipinski definition) is 1. The smallest absolute Gasteiger partial charge is 0.259 e. The first-order valence-corrected chi connectivity index (χ1v) is 13.0. The van der Waals surface area contributed by atoms with Gasteiger partial charge in [0.2, 0.25) is 0 Å². The SMILES string of the molecule is CN1C(=O)C(CCCc2ccccc2)(n2cccn2)[C@](C)(c2cc(-c3cccc(C#N)c3)cs2)N=C1N. The second kappa shape index (κ2) is 9.68. The highest BCUT2D eigenvalue weighted by Crippen LogP contribution is 2.50. The maximum absolute atomic E-state index is 14.2. The molecule has 0 radical (unpaired) electrons. The molecular formula is C29H28N6OS. The predicted molar refractivity (Wildman–Crippen MR) is 146 cm³/mol.